The van der Waals surface area contributed by atoms with Gasteiger partial charge in [0.1, 0.15) is 0 Å². The minimum absolute atomic E-state index is 0.111. The molecule has 0 saturated carbocycles. The molecule has 1 aliphatic rings. The summed E-state index contributed by atoms with van der Waals surface area (Å²) in [5, 5.41) is 3.83. The van der Waals surface area contributed by atoms with Gasteiger partial charge < -0.3 is 4.74 Å². The number of nitrogens with one attached hydrogen (secondary N) is 1. The monoisotopic (exact) mass is 450 g/mol. The van der Waals surface area contributed by atoms with Crippen molar-refractivity contribution in [2.45, 2.75) is 30.6 Å². The third-order valence-corrected chi connectivity index (χ3v) is 7.41. The third-order valence-electron chi connectivity index (χ3n) is 4.63. The molecule has 1 aromatic carbocycles. The van der Waals surface area contributed by atoms with E-state index in [1.54, 1.807) is 17.5 Å². The fraction of sp³-hybridized carbons (Fsp3) is 0.350. The van der Waals surface area contributed by atoms with Gasteiger partial charge in [-0.3, -0.25) is 14.9 Å². The molecule has 8 nitrogen and oxygen atoms in total. The molecule has 0 radical (unpaired) electrons. The maximum absolute atomic E-state index is 12.8. The maximum Gasteiger partial charge on any atom is 0.338 e. The molecular formula is C20H22N2O6S2. The minimum atomic E-state index is -3.61. The Morgan fingerprint density at radius 3 is 2.27 bits per heavy atom. The van der Waals surface area contributed by atoms with Crippen LogP contribution in [0.15, 0.2) is 46.7 Å². The highest BCUT2D eigenvalue weighted by Gasteiger charge is 2.25. The molecule has 0 aliphatic carbocycles. The number of ether oxygens (including phenoxy) is 1. The topological polar surface area (TPSA) is 110 Å². The molecule has 0 bridgehead atoms. The van der Waals surface area contributed by atoms with Crippen molar-refractivity contribution in [1.29, 1.82) is 0 Å². The average Bonchev–Trinajstić information content (AvgIpc) is 3.14. The summed E-state index contributed by atoms with van der Waals surface area (Å²) in [5.41, 5.74) is 0.113. The number of thiophene rings is 1. The van der Waals surface area contributed by atoms with Gasteiger partial charge >= 0.3 is 5.97 Å². The van der Waals surface area contributed by atoms with Crippen molar-refractivity contribution in [1.82, 2.24) is 9.62 Å². The van der Waals surface area contributed by atoms with Crippen LogP contribution in [0.4, 0.5) is 0 Å². The van der Waals surface area contributed by atoms with E-state index in [0.29, 0.717) is 18.0 Å². The molecule has 1 saturated heterocycles. The smallest absolute Gasteiger partial charge is 0.338 e. The van der Waals surface area contributed by atoms with E-state index < -0.39 is 34.4 Å². The summed E-state index contributed by atoms with van der Waals surface area (Å²) in [5.74, 6) is -2.09. The number of amides is 2. The van der Waals surface area contributed by atoms with Gasteiger partial charge in [-0.1, -0.05) is 18.9 Å². The second-order valence-electron chi connectivity index (χ2n) is 6.77. The molecule has 1 aliphatic heterocycles. The largest absolute Gasteiger partial charge is 0.452 e. The van der Waals surface area contributed by atoms with Crippen LogP contribution in [0.25, 0.3) is 0 Å². The molecular weight excluding hydrogens is 428 g/mol. The number of nitrogens with zero attached hydrogens (tertiary/aromatic N) is 1. The standard InChI is InChI=1S/C20H22N2O6S2/c23-18(21-19(24)17-6-5-13-29-17)14-28-20(25)15-7-9-16(10-8-15)30(26,27)22-11-3-1-2-4-12-22/h5-10,13H,1-4,11-12,14H2,(H,21,23,24). The van der Waals surface area contributed by atoms with E-state index in [1.165, 1.54) is 39.9 Å². The third kappa shape index (κ3) is 5.53. The number of esters is 1. The number of hydrogen-bond acceptors (Lipinski definition) is 7. The van der Waals surface area contributed by atoms with Crippen molar-refractivity contribution < 1.29 is 27.5 Å². The van der Waals surface area contributed by atoms with E-state index in [2.05, 4.69) is 5.32 Å². The highest BCUT2D eigenvalue weighted by Crippen LogP contribution is 2.21. The Balaban J connectivity index is 1.55. The Kier molecular flexibility index (Phi) is 7.35. The summed E-state index contributed by atoms with van der Waals surface area (Å²) >= 11 is 1.18. The fourth-order valence-corrected chi connectivity index (χ4v) is 5.18. The van der Waals surface area contributed by atoms with Gasteiger partial charge in [0, 0.05) is 13.1 Å². The Morgan fingerprint density at radius 1 is 1.00 bits per heavy atom. The Labute approximate surface area is 178 Å². The van der Waals surface area contributed by atoms with Crippen molar-refractivity contribution in [3.63, 3.8) is 0 Å². The highest BCUT2D eigenvalue weighted by molar-refractivity contribution is 7.89. The van der Waals surface area contributed by atoms with Crippen LogP contribution in [0.3, 0.4) is 0 Å². The molecule has 30 heavy (non-hydrogen) atoms. The Hall–Kier alpha value is -2.56. The molecule has 10 heteroatoms. The number of rotatable bonds is 6. The van der Waals surface area contributed by atoms with Crippen LogP contribution >= 0.6 is 11.3 Å². The van der Waals surface area contributed by atoms with E-state index in [-0.39, 0.29) is 10.5 Å². The summed E-state index contributed by atoms with van der Waals surface area (Å²) in [4.78, 5) is 36.2. The van der Waals surface area contributed by atoms with Gasteiger partial charge in [0.05, 0.1) is 15.3 Å². The van der Waals surface area contributed by atoms with E-state index in [4.69, 9.17) is 4.74 Å². The van der Waals surface area contributed by atoms with Crippen LogP contribution < -0.4 is 5.32 Å². The van der Waals surface area contributed by atoms with Crippen LogP contribution in [0.1, 0.15) is 45.7 Å². The molecule has 160 valence electrons. The number of benzene rings is 1. The summed E-state index contributed by atoms with van der Waals surface area (Å²) in [6, 6.07) is 8.67. The van der Waals surface area contributed by atoms with E-state index in [1.807, 2.05) is 0 Å². The molecule has 2 aromatic rings. The van der Waals surface area contributed by atoms with Crippen LogP contribution in [0, 0.1) is 0 Å². The predicted octanol–water partition coefficient (Wildman–Crippen LogP) is 2.43. The number of carbonyl (C=O) groups excluding carboxylic acids is 3. The van der Waals surface area contributed by atoms with Gasteiger partial charge in [0.25, 0.3) is 11.8 Å². The zero-order chi connectivity index (χ0) is 21.6. The first-order valence-corrected chi connectivity index (χ1v) is 11.8. The summed E-state index contributed by atoms with van der Waals surface area (Å²) in [7, 11) is -3.61. The lowest BCUT2D eigenvalue weighted by Crippen LogP contribution is -2.33. The van der Waals surface area contributed by atoms with E-state index in [9.17, 15) is 22.8 Å². The fourth-order valence-electron chi connectivity index (χ4n) is 3.04. The summed E-state index contributed by atoms with van der Waals surface area (Å²) in [6.07, 6.45) is 3.70. The van der Waals surface area contributed by atoms with Gasteiger partial charge in [-0.15, -0.1) is 11.3 Å². The summed E-state index contributed by atoms with van der Waals surface area (Å²) < 4.78 is 31.9. The van der Waals surface area contributed by atoms with Gasteiger partial charge in [-0.2, -0.15) is 4.31 Å². The minimum Gasteiger partial charge on any atom is -0.452 e. The average molecular weight is 451 g/mol. The van der Waals surface area contributed by atoms with Gasteiger partial charge in [0.15, 0.2) is 6.61 Å². The van der Waals surface area contributed by atoms with E-state index in [0.717, 1.165) is 25.7 Å². The lowest BCUT2D eigenvalue weighted by atomic mass is 10.2. The molecule has 1 N–H and O–H groups in total. The summed E-state index contributed by atoms with van der Waals surface area (Å²) in [6.45, 7) is 0.362. The van der Waals surface area contributed by atoms with Crippen molar-refractivity contribution >= 4 is 39.1 Å². The van der Waals surface area contributed by atoms with Crippen molar-refractivity contribution in [3.8, 4) is 0 Å². The SMILES string of the molecule is O=C(COC(=O)c1ccc(S(=O)(=O)N2CCCCCC2)cc1)NC(=O)c1cccs1. The normalized spacial score (nSPS) is 15.2. The lowest BCUT2D eigenvalue weighted by molar-refractivity contribution is -0.123. The second-order valence-corrected chi connectivity index (χ2v) is 9.66. The number of imide groups is 1. The van der Waals surface area contributed by atoms with Gasteiger partial charge in [-0.05, 0) is 48.6 Å². The number of sulfonamides is 1. The highest BCUT2D eigenvalue weighted by atomic mass is 32.2. The quantitative estimate of drug-likeness (QED) is 0.677. The molecule has 1 fully saturated rings. The van der Waals surface area contributed by atoms with Crippen molar-refractivity contribution in [2.75, 3.05) is 19.7 Å². The number of hydrogen-bond donors (Lipinski definition) is 1. The zero-order valence-electron chi connectivity index (χ0n) is 16.2. The predicted molar refractivity (Wildman–Crippen MR) is 111 cm³/mol. The van der Waals surface area contributed by atoms with E-state index >= 15 is 0 Å². The molecule has 3 rings (SSSR count). The zero-order valence-corrected chi connectivity index (χ0v) is 17.8. The van der Waals surface area contributed by atoms with Crippen molar-refractivity contribution in [2.24, 2.45) is 0 Å². The molecule has 0 atom stereocenters. The first-order valence-electron chi connectivity index (χ1n) is 9.53. The van der Waals surface area contributed by atoms with Crippen molar-refractivity contribution in [3.05, 3.63) is 52.2 Å². The molecule has 2 heterocycles. The first-order chi connectivity index (χ1) is 14.4. The lowest BCUT2D eigenvalue weighted by Gasteiger charge is -2.19. The number of carbonyl (C=O) groups is 3. The van der Waals surface area contributed by atoms with Crippen LogP contribution in [-0.2, 0) is 19.6 Å². The van der Waals surface area contributed by atoms with Crippen LogP contribution in [0.2, 0.25) is 0 Å². The molecule has 1 aromatic heterocycles. The Morgan fingerprint density at radius 2 is 1.67 bits per heavy atom. The first kappa shape index (κ1) is 22.1. The Bertz CT molecular complexity index is 992. The van der Waals surface area contributed by atoms with Gasteiger partial charge in [0.2, 0.25) is 10.0 Å². The molecule has 0 unspecified atom stereocenters. The molecule has 2 amide bonds. The van der Waals surface area contributed by atoms with Gasteiger partial charge in [-0.25, -0.2) is 13.2 Å². The maximum atomic E-state index is 12.8. The van der Waals surface area contributed by atoms with Crippen LogP contribution in [-0.4, -0.2) is 50.2 Å². The second kappa shape index (κ2) is 9.96. The van der Waals surface area contributed by atoms with Crippen LogP contribution in [0.5, 0.6) is 0 Å². The molecule has 0 spiro atoms.